The summed E-state index contributed by atoms with van der Waals surface area (Å²) in [6.45, 7) is 9.39. The van der Waals surface area contributed by atoms with Gasteiger partial charge in [-0.2, -0.15) is 0 Å². The number of carbonyl (C=O) groups is 4. The van der Waals surface area contributed by atoms with E-state index in [4.69, 9.17) is 9.47 Å². The minimum Gasteiger partial charge on any atom is -0.449 e. The number of unbranched alkanes of at least 4 members (excludes halogenated alkanes) is 12. The Morgan fingerprint density at radius 2 is 1.15 bits per heavy atom. The number of ether oxygens (including phenoxy) is 2. The lowest BCUT2D eigenvalue weighted by atomic mass is 9.98. The Morgan fingerprint density at radius 1 is 0.630 bits per heavy atom. The first kappa shape index (κ1) is 44.3. The molecular weight excluding hydrogens is 681 g/mol. The highest BCUT2D eigenvalue weighted by Crippen LogP contribution is 2.44. The van der Waals surface area contributed by atoms with E-state index in [2.05, 4.69) is 52.5 Å². The van der Waals surface area contributed by atoms with Crippen LogP contribution in [0.1, 0.15) is 154 Å². The summed E-state index contributed by atoms with van der Waals surface area (Å²) in [5.74, 6) is -0.121. The van der Waals surface area contributed by atoms with Crippen molar-refractivity contribution in [3.8, 4) is 11.1 Å². The van der Waals surface area contributed by atoms with Gasteiger partial charge < -0.3 is 30.7 Å². The number of alkyl carbamates (subject to hydrolysis) is 2. The van der Waals surface area contributed by atoms with E-state index in [1.807, 2.05) is 24.3 Å². The lowest BCUT2D eigenvalue weighted by Gasteiger charge is -2.23. The van der Waals surface area contributed by atoms with Crippen LogP contribution in [-0.4, -0.2) is 61.9 Å². The lowest BCUT2D eigenvalue weighted by Crippen LogP contribution is -2.48. The summed E-state index contributed by atoms with van der Waals surface area (Å²) in [7, 11) is 0. The van der Waals surface area contributed by atoms with E-state index < -0.39 is 23.8 Å². The predicted molar refractivity (Wildman–Crippen MR) is 216 cm³/mol. The van der Waals surface area contributed by atoms with E-state index in [-0.39, 0.29) is 24.3 Å². The summed E-state index contributed by atoms with van der Waals surface area (Å²) in [5, 5.41) is 11.5. The number of nitrogens with one attached hydrogen (secondary N) is 4. The minimum absolute atomic E-state index is 0.00639. The molecule has 54 heavy (non-hydrogen) atoms. The Balaban J connectivity index is 1.27. The number of hydrogen-bond donors (Lipinski definition) is 4. The van der Waals surface area contributed by atoms with Crippen LogP contribution in [0.2, 0.25) is 0 Å². The van der Waals surface area contributed by atoms with Crippen molar-refractivity contribution >= 4 is 24.0 Å². The van der Waals surface area contributed by atoms with E-state index in [9.17, 15) is 19.2 Å². The van der Waals surface area contributed by atoms with Crippen LogP contribution in [0.15, 0.2) is 48.5 Å². The van der Waals surface area contributed by atoms with Crippen molar-refractivity contribution in [2.75, 3.05) is 26.2 Å². The number of fused-ring (bicyclic) bond motifs is 3. The van der Waals surface area contributed by atoms with E-state index in [1.165, 1.54) is 56.1 Å². The van der Waals surface area contributed by atoms with Crippen LogP contribution in [-0.2, 0) is 19.1 Å². The number of rotatable bonds is 26. The third kappa shape index (κ3) is 17.4. The van der Waals surface area contributed by atoms with Gasteiger partial charge in [0.1, 0.15) is 18.2 Å². The van der Waals surface area contributed by atoms with Crippen molar-refractivity contribution < 1.29 is 28.7 Å². The van der Waals surface area contributed by atoms with Gasteiger partial charge >= 0.3 is 12.2 Å². The van der Waals surface area contributed by atoms with Crippen LogP contribution >= 0.6 is 0 Å². The molecule has 0 saturated heterocycles. The normalized spacial score (nSPS) is 12.7. The molecule has 0 saturated carbocycles. The molecular formula is C44H68N4O6. The van der Waals surface area contributed by atoms with Gasteiger partial charge in [-0.25, -0.2) is 9.59 Å². The highest BCUT2D eigenvalue weighted by atomic mass is 16.6. The van der Waals surface area contributed by atoms with Crippen molar-refractivity contribution in [1.82, 2.24) is 21.3 Å². The Morgan fingerprint density at radius 3 is 1.76 bits per heavy atom. The predicted octanol–water partition coefficient (Wildman–Crippen LogP) is 9.30. The van der Waals surface area contributed by atoms with Crippen LogP contribution in [0.3, 0.4) is 0 Å². The fourth-order valence-corrected chi connectivity index (χ4v) is 6.88. The second-order valence-electron chi connectivity index (χ2n) is 15.6. The smallest absolute Gasteiger partial charge is 0.408 e. The molecule has 0 radical (unpaired) electrons. The molecule has 4 amide bonds. The third-order valence-corrected chi connectivity index (χ3v) is 9.77. The van der Waals surface area contributed by atoms with Crippen LogP contribution in [0.5, 0.6) is 0 Å². The van der Waals surface area contributed by atoms with Crippen molar-refractivity contribution in [3.05, 3.63) is 59.7 Å². The monoisotopic (exact) mass is 749 g/mol. The van der Waals surface area contributed by atoms with Crippen LogP contribution in [0, 0.1) is 0 Å². The summed E-state index contributed by atoms with van der Waals surface area (Å²) in [4.78, 5) is 50.3. The molecule has 0 fully saturated rings. The highest BCUT2D eigenvalue weighted by Gasteiger charge is 2.29. The molecule has 0 aliphatic heterocycles. The molecule has 4 N–H and O–H groups in total. The number of amides is 4. The maximum absolute atomic E-state index is 13.1. The molecule has 300 valence electrons. The first-order valence-electron chi connectivity index (χ1n) is 20.7. The largest absolute Gasteiger partial charge is 0.449 e. The van der Waals surface area contributed by atoms with Crippen molar-refractivity contribution in [2.24, 2.45) is 0 Å². The highest BCUT2D eigenvalue weighted by molar-refractivity contribution is 5.85. The maximum atomic E-state index is 13.1. The minimum atomic E-state index is -0.754. The molecule has 1 unspecified atom stereocenters. The van der Waals surface area contributed by atoms with E-state index in [0.717, 1.165) is 49.7 Å². The number of benzene rings is 2. The van der Waals surface area contributed by atoms with Crippen LogP contribution < -0.4 is 21.3 Å². The molecule has 1 aliphatic rings. The molecule has 2 aromatic carbocycles. The van der Waals surface area contributed by atoms with Crippen LogP contribution in [0.4, 0.5) is 9.59 Å². The maximum Gasteiger partial charge on any atom is 0.408 e. The molecule has 0 aromatic heterocycles. The SMILES string of the molecule is CCCCCCCCCCCC(=O)NCCCCCCNC(=O)C(CCCCNC(=O)OCC1c2ccccc2-c2ccccc21)NC(=O)OC(C)(C)C. The van der Waals surface area contributed by atoms with Gasteiger partial charge in [-0.05, 0) is 81.5 Å². The zero-order valence-electron chi connectivity index (χ0n) is 33.6. The van der Waals surface area contributed by atoms with Gasteiger partial charge in [0, 0.05) is 32.0 Å². The molecule has 0 heterocycles. The first-order valence-corrected chi connectivity index (χ1v) is 20.7. The molecule has 0 bridgehead atoms. The molecule has 1 atom stereocenters. The van der Waals surface area contributed by atoms with Gasteiger partial charge in [-0.3, -0.25) is 9.59 Å². The van der Waals surface area contributed by atoms with Crippen molar-refractivity contribution in [2.45, 2.75) is 154 Å². The average molecular weight is 749 g/mol. The third-order valence-electron chi connectivity index (χ3n) is 9.77. The summed E-state index contributed by atoms with van der Waals surface area (Å²) >= 11 is 0. The fraction of sp³-hybridized carbons (Fsp3) is 0.636. The fourth-order valence-electron chi connectivity index (χ4n) is 6.88. The zero-order chi connectivity index (χ0) is 39.0. The summed E-state index contributed by atoms with van der Waals surface area (Å²) < 4.78 is 11.0. The van der Waals surface area contributed by atoms with E-state index in [1.54, 1.807) is 20.8 Å². The van der Waals surface area contributed by atoms with Gasteiger partial charge in [0.2, 0.25) is 11.8 Å². The van der Waals surface area contributed by atoms with Gasteiger partial charge in [0.25, 0.3) is 0 Å². The summed E-state index contributed by atoms with van der Waals surface area (Å²) in [6.07, 6.45) is 15.9. The molecule has 10 nitrogen and oxygen atoms in total. The van der Waals surface area contributed by atoms with Crippen molar-refractivity contribution in [3.63, 3.8) is 0 Å². The average Bonchev–Trinajstić information content (AvgIpc) is 3.46. The van der Waals surface area contributed by atoms with Gasteiger partial charge in [0.15, 0.2) is 0 Å². The Labute approximate surface area is 324 Å². The molecule has 3 rings (SSSR count). The quantitative estimate of drug-likeness (QED) is 0.0709. The molecule has 2 aromatic rings. The Kier molecular flexibility index (Phi) is 20.6. The lowest BCUT2D eigenvalue weighted by molar-refractivity contribution is -0.123. The second kappa shape index (κ2) is 25.1. The van der Waals surface area contributed by atoms with E-state index >= 15 is 0 Å². The standard InChI is InChI=1S/C44H68N4O6/c1-5-6-7-8-9-10-11-12-15-29-40(49)45-30-21-13-14-22-31-46-41(50)39(48-43(52)54-44(2,3)4)28-20-23-32-47-42(51)53-33-38-36-26-18-16-24-34(36)35-25-17-19-27-37(35)38/h16-19,24-27,38-39H,5-15,20-23,28-33H2,1-4H3,(H,45,49)(H,46,50)(H,47,51)(H,48,52). The first-order chi connectivity index (χ1) is 26.1. The molecule has 1 aliphatic carbocycles. The molecule has 0 spiro atoms. The van der Waals surface area contributed by atoms with Gasteiger partial charge in [0.05, 0.1) is 0 Å². The zero-order valence-corrected chi connectivity index (χ0v) is 33.6. The Hall–Kier alpha value is -4.08. The number of hydrogen-bond acceptors (Lipinski definition) is 6. The molecule has 10 heteroatoms. The summed E-state index contributed by atoms with van der Waals surface area (Å²) in [5.41, 5.74) is 3.99. The number of carbonyl (C=O) groups excluding carboxylic acids is 4. The topological polar surface area (TPSA) is 135 Å². The van der Waals surface area contributed by atoms with Crippen LogP contribution in [0.25, 0.3) is 11.1 Å². The summed E-state index contributed by atoms with van der Waals surface area (Å²) in [6, 6.07) is 15.7. The van der Waals surface area contributed by atoms with Crippen molar-refractivity contribution in [1.29, 1.82) is 0 Å². The van der Waals surface area contributed by atoms with E-state index in [0.29, 0.717) is 45.3 Å². The second-order valence-corrected chi connectivity index (χ2v) is 15.6. The Bertz CT molecular complexity index is 1380. The van der Waals surface area contributed by atoms with Gasteiger partial charge in [-0.1, -0.05) is 120 Å². The van der Waals surface area contributed by atoms with Gasteiger partial charge in [-0.15, -0.1) is 0 Å².